The third kappa shape index (κ3) is 2.75. The summed E-state index contributed by atoms with van der Waals surface area (Å²) < 4.78 is 11.5. The van der Waals surface area contributed by atoms with Gasteiger partial charge in [0.05, 0.1) is 25.2 Å². The van der Waals surface area contributed by atoms with Crippen LogP contribution in [0.2, 0.25) is 0 Å². The standard InChI is InChI=1S/C21H25NO4/c1-3-4-11-25-20(24)17-16-9-10-21(26-16)13-22(19(23)18(17)21)12-15-7-5-14(2)6-8-15/h5-10,16-18H,3-4,11-13H2,1-2H3/t16-,17-,18-,21+/m0/s1. The molecule has 0 aliphatic carbocycles. The first-order chi connectivity index (χ1) is 12.5. The van der Waals surface area contributed by atoms with Gasteiger partial charge in [-0.1, -0.05) is 55.3 Å². The average Bonchev–Trinajstić information content (AvgIpc) is 3.26. The molecule has 3 aliphatic heterocycles. The highest BCUT2D eigenvalue weighted by Crippen LogP contribution is 2.52. The Kier molecular flexibility index (Phi) is 4.35. The molecular weight excluding hydrogens is 330 g/mol. The van der Waals surface area contributed by atoms with E-state index in [1.807, 2.05) is 48.2 Å². The number of carbonyl (C=O) groups excluding carboxylic acids is 2. The van der Waals surface area contributed by atoms with Crippen LogP contribution in [0.15, 0.2) is 36.4 Å². The fourth-order valence-electron chi connectivity index (χ4n) is 4.31. The number of rotatable bonds is 6. The van der Waals surface area contributed by atoms with Crippen LogP contribution in [0.4, 0.5) is 0 Å². The maximum absolute atomic E-state index is 13.1. The molecule has 2 bridgehead atoms. The molecule has 26 heavy (non-hydrogen) atoms. The van der Waals surface area contributed by atoms with Crippen molar-refractivity contribution in [2.45, 2.75) is 44.9 Å². The Morgan fingerprint density at radius 1 is 1.35 bits per heavy atom. The second-order valence-electron chi connectivity index (χ2n) is 7.60. The lowest BCUT2D eigenvalue weighted by atomic mass is 9.77. The largest absolute Gasteiger partial charge is 0.465 e. The number of hydrogen-bond donors (Lipinski definition) is 0. The Bertz CT molecular complexity index is 741. The molecule has 1 amide bonds. The molecule has 1 aromatic rings. The number of benzene rings is 1. The monoisotopic (exact) mass is 355 g/mol. The first-order valence-corrected chi connectivity index (χ1v) is 9.42. The van der Waals surface area contributed by atoms with Gasteiger partial charge in [0.2, 0.25) is 5.91 Å². The van der Waals surface area contributed by atoms with E-state index >= 15 is 0 Å². The molecule has 1 aromatic carbocycles. The fraction of sp³-hybridized carbons (Fsp3) is 0.524. The van der Waals surface area contributed by atoms with E-state index in [2.05, 4.69) is 6.92 Å². The number of hydrogen-bond acceptors (Lipinski definition) is 4. The molecule has 5 heteroatoms. The average molecular weight is 355 g/mol. The summed E-state index contributed by atoms with van der Waals surface area (Å²) in [5.74, 6) is -1.29. The topological polar surface area (TPSA) is 55.8 Å². The van der Waals surface area contributed by atoms with Gasteiger partial charge in [0.25, 0.3) is 0 Å². The predicted molar refractivity (Wildman–Crippen MR) is 96.2 cm³/mol. The molecule has 4 rings (SSSR count). The minimum Gasteiger partial charge on any atom is -0.465 e. The molecule has 2 fully saturated rings. The van der Waals surface area contributed by atoms with Crippen LogP contribution < -0.4 is 0 Å². The molecule has 0 radical (unpaired) electrons. The van der Waals surface area contributed by atoms with Crippen molar-refractivity contribution < 1.29 is 19.1 Å². The number of esters is 1. The summed E-state index contributed by atoms with van der Waals surface area (Å²) in [6, 6.07) is 8.17. The van der Waals surface area contributed by atoms with E-state index in [1.54, 1.807) is 0 Å². The Balaban J connectivity index is 1.51. The van der Waals surface area contributed by atoms with Crippen molar-refractivity contribution in [1.82, 2.24) is 4.90 Å². The van der Waals surface area contributed by atoms with Crippen molar-refractivity contribution >= 4 is 11.9 Å². The van der Waals surface area contributed by atoms with Gasteiger partial charge in [-0.2, -0.15) is 0 Å². The van der Waals surface area contributed by atoms with Crippen molar-refractivity contribution in [3.8, 4) is 0 Å². The highest BCUT2D eigenvalue weighted by atomic mass is 16.6. The van der Waals surface area contributed by atoms with Gasteiger partial charge in [0.1, 0.15) is 11.5 Å². The molecule has 0 N–H and O–H groups in total. The third-order valence-electron chi connectivity index (χ3n) is 5.69. The van der Waals surface area contributed by atoms with Crippen molar-refractivity contribution in [3.63, 3.8) is 0 Å². The summed E-state index contributed by atoms with van der Waals surface area (Å²) in [4.78, 5) is 27.5. The molecule has 0 unspecified atom stereocenters. The van der Waals surface area contributed by atoms with Gasteiger partial charge >= 0.3 is 5.97 Å². The van der Waals surface area contributed by atoms with Crippen LogP contribution in [0.1, 0.15) is 30.9 Å². The van der Waals surface area contributed by atoms with Crippen LogP contribution in [0.25, 0.3) is 0 Å². The summed E-state index contributed by atoms with van der Waals surface area (Å²) in [6.07, 6.45) is 5.37. The number of nitrogens with zero attached hydrogens (tertiary/aromatic N) is 1. The predicted octanol–water partition coefficient (Wildman–Crippen LogP) is 2.62. The van der Waals surface area contributed by atoms with Crippen molar-refractivity contribution in [3.05, 3.63) is 47.5 Å². The lowest BCUT2D eigenvalue weighted by Crippen LogP contribution is -2.40. The Morgan fingerprint density at radius 3 is 2.85 bits per heavy atom. The van der Waals surface area contributed by atoms with E-state index in [-0.39, 0.29) is 18.0 Å². The number of aryl methyl sites for hydroxylation is 1. The van der Waals surface area contributed by atoms with Gasteiger partial charge in [0, 0.05) is 6.54 Å². The quantitative estimate of drug-likeness (QED) is 0.447. The SMILES string of the molecule is CCCCOC(=O)[C@H]1[C@@H]2C=C[C@]3(CN(Cc4ccc(C)cc4)C(=O)[C@H]13)O2. The van der Waals surface area contributed by atoms with Crippen LogP contribution >= 0.6 is 0 Å². The number of likely N-dealkylation sites (tertiary alicyclic amines) is 1. The van der Waals surface area contributed by atoms with E-state index in [1.165, 1.54) is 5.56 Å². The molecule has 5 nitrogen and oxygen atoms in total. The van der Waals surface area contributed by atoms with E-state index in [0.29, 0.717) is 19.7 Å². The van der Waals surface area contributed by atoms with Gasteiger partial charge < -0.3 is 14.4 Å². The summed E-state index contributed by atoms with van der Waals surface area (Å²) in [6.45, 7) is 5.53. The van der Waals surface area contributed by atoms with E-state index in [0.717, 1.165) is 18.4 Å². The summed E-state index contributed by atoms with van der Waals surface area (Å²) in [5.41, 5.74) is 1.61. The van der Waals surface area contributed by atoms with Crippen LogP contribution in [0.3, 0.4) is 0 Å². The van der Waals surface area contributed by atoms with E-state index in [4.69, 9.17) is 9.47 Å². The number of ether oxygens (including phenoxy) is 2. The van der Waals surface area contributed by atoms with Crippen molar-refractivity contribution in [1.29, 1.82) is 0 Å². The minimum atomic E-state index is -0.666. The number of carbonyl (C=O) groups is 2. The van der Waals surface area contributed by atoms with Gasteiger partial charge in [-0.05, 0) is 18.9 Å². The van der Waals surface area contributed by atoms with Gasteiger partial charge in [0.15, 0.2) is 0 Å². The first kappa shape index (κ1) is 17.3. The third-order valence-corrected chi connectivity index (χ3v) is 5.69. The zero-order valence-electron chi connectivity index (χ0n) is 15.3. The fourth-order valence-corrected chi connectivity index (χ4v) is 4.31. The first-order valence-electron chi connectivity index (χ1n) is 9.42. The molecule has 3 aliphatic rings. The summed E-state index contributed by atoms with van der Waals surface area (Å²) in [5, 5.41) is 0. The molecule has 0 saturated carbocycles. The second-order valence-corrected chi connectivity index (χ2v) is 7.60. The van der Waals surface area contributed by atoms with Gasteiger partial charge in [-0.25, -0.2) is 0 Å². The maximum Gasteiger partial charge on any atom is 0.312 e. The Labute approximate surface area is 154 Å². The highest BCUT2D eigenvalue weighted by Gasteiger charge is 2.67. The van der Waals surface area contributed by atoms with Crippen LogP contribution in [0, 0.1) is 18.8 Å². The molecule has 3 heterocycles. The minimum absolute atomic E-state index is 0.00475. The van der Waals surface area contributed by atoms with Crippen LogP contribution in [-0.4, -0.2) is 41.6 Å². The maximum atomic E-state index is 13.1. The molecule has 1 spiro atoms. The summed E-state index contributed by atoms with van der Waals surface area (Å²) in [7, 11) is 0. The molecule has 2 saturated heterocycles. The van der Waals surface area contributed by atoms with Gasteiger partial charge in [-0.3, -0.25) is 9.59 Å². The van der Waals surface area contributed by atoms with Crippen molar-refractivity contribution in [2.75, 3.05) is 13.2 Å². The Hall–Kier alpha value is -2.14. The van der Waals surface area contributed by atoms with Crippen LogP contribution in [0.5, 0.6) is 0 Å². The zero-order valence-corrected chi connectivity index (χ0v) is 15.3. The highest BCUT2D eigenvalue weighted by molar-refractivity contribution is 5.91. The lowest BCUT2D eigenvalue weighted by molar-refractivity contribution is -0.154. The molecule has 4 atom stereocenters. The van der Waals surface area contributed by atoms with Crippen molar-refractivity contribution in [2.24, 2.45) is 11.8 Å². The lowest BCUT2D eigenvalue weighted by Gasteiger charge is -2.22. The molecular formula is C21H25NO4. The number of amides is 1. The summed E-state index contributed by atoms with van der Waals surface area (Å²) >= 11 is 0. The Morgan fingerprint density at radius 2 is 2.12 bits per heavy atom. The number of unbranched alkanes of at least 4 members (excludes halogenated alkanes) is 1. The van der Waals surface area contributed by atoms with Crippen LogP contribution in [-0.2, 0) is 25.6 Å². The van der Waals surface area contributed by atoms with Gasteiger partial charge in [-0.15, -0.1) is 0 Å². The smallest absolute Gasteiger partial charge is 0.312 e. The van der Waals surface area contributed by atoms with E-state index in [9.17, 15) is 9.59 Å². The second kappa shape index (κ2) is 6.54. The number of fused-ring (bicyclic) bond motifs is 1. The zero-order chi connectivity index (χ0) is 18.3. The molecule has 0 aromatic heterocycles. The molecule has 138 valence electrons. The van der Waals surface area contributed by atoms with E-state index < -0.39 is 17.4 Å². The normalized spacial score (nSPS) is 31.5.